The zero-order chi connectivity index (χ0) is 20.1. The highest BCUT2D eigenvalue weighted by atomic mass is 16.5. The van der Waals surface area contributed by atoms with Gasteiger partial charge in [-0.05, 0) is 48.8 Å². The van der Waals surface area contributed by atoms with E-state index in [0.717, 1.165) is 21.8 Å². The van der Waals surface area contributed by atoms with E-state index in [1.807, 2.05) is 60.7 Å². The van der Waals surface area contributed by atoms with Crippen molar-refractivity contribution in [2.45, 2.75) is 20.5 Å². The molecule has 0 saturated heterocycles. The molecule has 5 heteroatoms. The van der Waals surface area contributed by atoms with Gasteiger partial charge in [-0.1, -0.05) is 42.5 Å². The molecule has 0 fully saturated rings. The third-order valence-electron chi connectivity index (χ3n) is 4.58. The topological polar surface area (TPSA) is 70.4 Å². The van der Waals surface area contributed by atoms with Gasteiger partial charge in [0.2, 0.25) is 0 Å². The Morgan fingerprint density at radius 3 is 2.32 bits per heavy atom. The monoisotopic (exact) mass is 372 g/mol. The summed E-state index contributed by atoms with van der Waals surface area (Å²) in [4.78, 5) is 26.0. The molecule has 1 aliphatic heterocycles. The fourth-order valence-corrected chi connectivity index (χ4v) is 2.98. The van der Waals surface area contributed by atoms with Gasteiger partial charge in [0.05, 0.1) is 0 Å². The minimum atomic E-state index is -0.533. The molecule has 2 aromatic carbocycles. The quantitative estimate of drug-likeness (QED) is 0.590. The number of likely N-dealkylation sites (N-methyl/N-ethyl adjacent to an activating group) is 1. The molecule has 0 spiro atoms. The van der Waals surface area contributed by atoms with Crippen LogP contribution in [0.15, 0.2) is 71.3 Å². The molecular formula is C23H20N2O3. The Balaban J connectivity index is 1.82. The summed E-state index contributed by atoms with van der Waals surface area (Å²) >= 11 is 0. The van der Waals surface area contributed by atoms with E-state index in [1.54, 1.807) is 19.9 Å². The number of nitrogens with zero attached hydrogens (tertiary/aromatic N) is 2. The van der Waals surface area contributed by atoms with E-state index in [1.165, 1.54) is 0 Å². The SMILES string of the molecule is CCN1C(=O)C(C#N)=C(C)/C(=C\c2ccc(OCc3ccccc3)cc2)C1=O. The highest BCUT2D eigenvalue weighted by Crippen LogP contribution is 2.27. The Kier molecular flexibility index (Phi) is 5.71. The van der Waals surface area contributed by atoms with Gasteiger partial charge in [-0.25, -0.2) is 0 Å². The van der Waals surface area contributed by atoms with Crippen molar-refractivity contribution in [3.05, 3.63) is 82.4 Å². The molecule has 0 radical (unpaired) electrons. The first-order valence-corrected chi connectivity index (χ1v) is 9.01. The molecule has 1 heterocycles. The summed E-state index contributed by atoms with van der Waals surface area (Å²) in [7, 11) is 0. The van der Waals surface area contributed by atoms with Crippen LogP contribution in [0, 0.1) is 11.3 Å². The van der Waals surface area contributed by atoms with E-state index in [-0.39, 0.29) is 18.0 Å². The van der Waals surface area contributed by atoms with Gasteiger partial charge in [-0.3, -0.25) is 14.5 Å². The number of hydrogen-bond donors (Lipinski definition) is 0. The lowest BCUT2D eigenvalue weighted by atomic mass is 9.94. The number of nitriles is 1. The molecule has 2 aromatic rings. The summed E-state index contributed by atoms with van der Waals surface area (Å²) < 4.78 is 5.77. The van der Waals surface area contributed by atoms with Crippen molar-refractivity contribution in [1.29, 1.82) is 5.26 Å². The average Bonchev–Trinajstić information content (AvgIpc) is 2.72. The number of carbonyl (C=O) groups excluding carboxylic acids is 2. The summed E-state index contributed by atoms with van der Waals surface area (Å²) in [5, 5.41) is 9.29. The highest BCUT2D eigenvalue weighted by Gasteiger charge is 2.34. The molecule has 0 atom stereocenters. The Hall–Kier alpha value is -3.65. The van der Waals surface area contributed by atoms with Crippen LogP contribution >= 0.6 is 0 Å². The molecule has 3 rings (SSSR count). The predicted molar refractivity (Wildman–Crippen MR) is 106 cm³/mol. The van der Waals surface area contributed by atoms with Crippen LogP contribution in [0.2, 0.25) is 0 Å². The molecule has 0 aliphatic carbocycles. The molecule has 1 aliphatic rings. The maximum Gasteiger partial charge on any atom is 0.271 e. The Morgan fingerprint density at radius 2 is 1.71 bits per heavy atom. The number of rotatable bonds is 5. The van der Waals surface area contributed by atoms with Crippen LogP contribution < -0.4 is 4.74 Å². The van der Waals surface area contributed by atoms with E-state index in [9.17, 15) is 14.9 Å². The first-order valence-electron chi connectivity index (χ1n) is 9.01. The van der Waals surface area contributed by atoms with Gasteiger partial charge in [0.1, 0.15) is 24.0 Å². The van der Waals surface area contributed by atoms with E-state index in [0.29, 0.717) is 17.8 Å². The summed E-state index contributed by atoms with van der Waals surface area (Å²) in [5.74, 6) is -0.195. The molecule has 28 heavy (non-hydrogen) atoms. The number of benzene rings is 2. The second kappa shape index (κ2) is 8.36. The van der Waals surface area contributed by atoms with Crippen molar-refractivity contribution in [2.75, 3.05) is 6.54 Å². The summed E-state index contributed by atoms with van der Waals surface area (Å²) in [6.07, 6.45) is 1.70. The molecule has 0 saturated carbocycles. The summed E-state index contributed by atoms with van der Waals surface area (Å²) in [5.41, 5.74) is 2.64. The normalized spacial score (nSPS) is 15.8. The van der Waals surface area contributed by atoms with Crippen molar-refractivity contribution in [3.8, 4) is 11.8 Å². The van der Waals surface area contributed by atoms with E-state index >= 15 is 0 Å². The highest BCUT2D eigenvalue weighted by molar-refractivity contribution is 6.19. The van der Waals surface area contributed by atoms with Gasteiger partial charge < -0.3 is 4.74 Å². The maximum absolute atomic E-state index is 12.6. The van der Waals surface area contributed by atoms with Crippen molar-refractivity contribution in [2.24, 2.45) is 0 Å². The Bertz CT molecular complexity index is 996. The molecule has 140 valence electrons. The van der Waals surface area contributed by atoms with Crippen molar-refractivity contribution < 1.29 is 14.3 Å². The molecule has 0 unspecified atom stereocenters. The van der Waals surface area contributed by atoms with Crippen LogP contribution in [0.25, 0.3) is 6.08 Å². The van der Waals surface area contributed by atoms with E-state index < -0.39 is 5.91 Å². The lowest BCUT2D eigenvalue weighted by molar-refractivity contribution is -0.140. The van der Waals surface area contributed by atoms with Crippen LogP contribution in [0.3, 0.4) is 0 Å². The predicted octanol–water partition coefficient (Wildman–Crippen LogP) is 3.88. The van der Waals surface area contributed by atoms with Gasteiger partial charge in [0, 0.05) is 12.1 Å². The molecule has 2 amide bonds. The number of carbonyl (C=O) groups is 2. The second-order valence-electron chi connectivity index (χ2n) is 6.37. The number of amides is 2. The summed E-state index contributed by atoms with van der Waals surface area (Å²) in [6.45, 7) is 4.03. The smallest absolute Gasteiger partial charge is 0.271 e. The summed E-state index contributed by atoms with van der Waals surface area (Å²) in [6, 6.07) is 19.1. The van der Waals surface area contributed by atoms with Gasteiger partial charge in [-0.15, -0.1) is 0 Å². The molecular weight excluding hydrogens is 352 g/mol. The van der Waals surface area contributed by atoms with Crippen LogP contribution in [0.1, 0.15) is 25.0 Å². The molecule has 0 aromatic heterocycles. The van der Waals surface area contributed by atoms with Crippen LogP contribution in [-0.4, -0.2) is 23.3 Å². The maximum atomic E-state index is 12.6. The van der Waals surface area contributed by atoms with Crippen molar-refractivity contribution in [3.63, 3.8) is 0 Å². The Morgan fingerprint density at radius 1 is 1.04 bits per heavy atom. The molecule has 5 nitrogen and oxygen atoms in total. The largest absolute Gasteiger partial charge is 0.489 e. The zero-order valence-electron chi connectivity index (χ0n) is 15.8. The Labute approximate surface area is 164 Å². The van der Waals surface area contributed by atoms with Gasteiger partial charge in [-0.2, -0.15) is 5.26 Å². The number of ether oxygens (including phenoxy) is 1. The standard InChI is InChI=1S/C23H20N2O3/c1-3-25-22(26)20(16(2)21(14-24)23(25)27)13-17-9-11-19(12-10-17)28-15-18-7-5-4-6-8-18/h4-13H,3,15H2,1-2H3/b20-13+. The van der Waals surface area contributed by atoms with Gasteiger partial charge >= 0.3 is 0 Å². The van der Waals surface area contributed by atoms with Gasteiger partial charge in [0.25, 0.3) is 11.8 Å². The van der Waals surface area contributed by atoms with Crippen molar-refractivity contribution >= 4 is 17.9 Å². The third kappa shape index (κ3) is 3.86. The minimum absolute atomic E-state index is 0.00974. The van der Waals surface area contributed by atoms with Crippen LogP contribution in [-0.2, 0) is 16.2 Å². The minimum Gasteiger partial charge on any atom is -0.489 e. The average molecular weight is 372 g/mol. The number of imide groups is 1. The fourth-order valence-electron chi connectivity index (χ4n) is 2.98. The first kappa shape index (κ1) is 19.1. The van der Waals surface area contributed by atoms with Crippen LogP contribution in [0.5, 0.6) is 5.75 Å². The lowest BCUT2D eigenvalue weighted by Gasteiger charge is -2.26. The first-order chi connectivity index (χ1) is 13.5. The molecule has 0 N–H and O–H groups in total. The zero-order valence-corrected chi connectivity index (χ0v) is 15.8. The molecule has 0 bridgehead atoms. The van der Waals surface area contributed by atoms with E-state index in [4.69, 9.17) is 4.74 Å². The second-order valence-corrected chi connectivity index (χ2v) is 6.37. The van der Waals surface area contributed by atoms with E-state index in [2.05, 4.69) is 0 Å². The van der Waals surface area contributed by atoms with Crippen LogP contribution in [0.4, 0.5) is 0 Å². The lowest BCUT2D eigenvalue weighted by Crippen LogP contribution is -2.42. The fraction of sp³-hybridized carbons (Fsp3) is 0.174. The third-order valence-corrected chi connectivity index (χ3v) is 4.58. The van der Waals surface area contributed by atoms with Gasteiger partial charge in [0.15, 0.2) is 0 Å². The van der Waals surface area contributed by atoms with Crippen molar-refractivity contribution in [1.82, 2.24) is 4.90 Å². The number of hydrogen-bond acceptors (Lipinski definition) is 4.